The SMILES string of the molecule is N#CC1CCCCC1n1nc(Nc2ccc3c(c2)CNC3C(F)F)c2c(=O)[nH]ccc21. The Morgan fingerprint density at radius 3 is 2.90 bits per heavy atom. The van der Waals surface area contributed by atoms with Gasteiger partial charge in [0.1, 0.15) is 5.39 Å². The molecule has 9 heteroatoms. The Hall–Kier alpha value is -3.25. The first-order valence-electron chi connectivity index (χ1n) is 10.5. The standard InChI is InChI=1S/C22H22F2N6O/c23-20(24)19-15-6-5-14(9-13(15)11-27-19)28-21-18-17(7-8-26-22(18)31)30(29-21)16-4-2-1-3-12(16)10-25/h5-9,12,16,19-20,27H,1-4,11H2,(H,26,31)(H,28,29). The zero-order valence-electron chi connectivity index (χ0n) is 16.7. The van der Waals surface area contributed by atoms with Crippen molar-refractivity contribution in [1.29, 1.82) is 5.26 Å². The van der Waals surface area contributed by atoms with Crippen LogP contribution in [0, 0.1) is 17.2 Å². The number of H-pyrrole nitrogens is 1. The Bertz CT molecular complexity index is 1230. The van der Waals surface area contributed by atoms with Crippen LogP contribution in [0.2, 0.25) is 0 Å². The lowest BCUT2D eigenvalue weighted by Crippen LogP contribution is -2.23. The van der Waals surface area contributed by atoms with Crippen LogP contribution in [-0.2, 0) is 6.54 Å². The summed E-state index contributed by atoms with van der Waals surface area (Å²) in [7, 11) is 0. The van der Waals surface area contributed by atoms with Crippen molar-refractivity contribution in [2.24, 2.45) is 5.92 Å². The summed E-state index contributed by atoms with van der Waals surface area (Å²) in [6.45, 7) is 0.363. The molecule has 3 heterocycles. The van der Waals surface area contributed by atoms with Crippen LogP contribution < -0.4 is 16.2 Å². The average molecular weight is 424 g/mol. The zero-order valence-corrected chi connectivity index (χ0v) is 16.7. The monoisotopic (exact) mass is 424 g/mol. The first-order chi connectivity index (χ1) is 15.1. The molecule has 1 fully saturated rings. The average Bonchev–Trinajstić information content (AvgIpc) is 3.36. The van der Waals surface area contributed by atoms with Gasteiger partial charge in [0.15, 0.2) is 5.82 Å². The molecule has 3 unspecified atom stereocenters. The molecule has 0 bridgehead atoms. The van der Waals surface area contributed by atoms with Crippen molar-refractivity contribution < 1.29 is 8.78 Å². The first-order valence-corrected chi connectivity index (χ1v) is 10.5. The maximum atomic E-state index is 13.2. The highest BCUT2D eigenvalue weighted by atomic mass is 19.3. The normalized spacial score (nSPS) is 23.1. The van der Waals surface area contributed by atoms with Crippen molar-refractivity contribution in [3.8, 4) is 6.07 Å². The number of alkyl halides is 2. The topological polar surface area (TPSA) is 98.5 Å². The molecule has 3 atom stereocenters. The third kappa shape index (κ3) is 3.37. The van der Waals surface area contributed by atoms with Crippen molar-refractivity contribution in [3.63, 3.8) is 0 Å². The Balaban J connectivity index is 1.54. The number of anilines is 2. The molecule has 160 valence electrons. The van der Waals surface area contributed by atoms with Crippen LogP contribution in [0.4, 0.5) is 20.3 Å². The second kappa shape index (κ2) is 7.78. The van der Waals surface area contributed by atoms with Gasteiger partial charge < -0.3 is 15.6 Å². The summed E-state index contributed by atoms with van der Waals surface area (Å²) in [4.78, 5) is 15.3. The van der Waals surface area contributed by atoms with Crippen molar-refractivity contribution >= 4 is 22.4 Å². The minimum absolute atomic E-state index is 0.0883. The maximum Gasteiger partial charge on any atom is 0.261 e. The molecule has 1 saturated carbocycles. The van der Waals surface area contributed by atoms with Crippen molar-refractivity contribution in [1.82, 2.24) is 20.1 Å². The molecule has 0 saturated heterocycles. The Morgan fingerprint density at radius 2 is 2.10 bits per heavy atom. The third-order valence-corrected chi connectivity index (χ3v) is 6.34. The van der Waals surface area contributed by atoms with Crippen LogP contribution in [0.5, 0.6) is 0 Å². The summed E-state index contributed by atoms with van der Waals surface area (Å²) in [5, 5.41) is 20.8. The molecule has 1 aliphatic carbocycles. The van der Waals surface area contributed by atoms with Gasteiger partial charge in [0, 0.05) is 18.4 Å². The Labute approximate surface area is 177 Å². The van der Waals surface area contributed by atoms with Crippen LogP contribution >= 0.6 is 0 Å². The molecular weight excluding hydrogens is 402 g/mol. The molecule has 1 aromatic carbocycles. The van der Waals surface area contributed by atoms with Gasteiger partial charge in [-0.15, -0.1) is 0 Å². The number of nitriles is 1. The smallest absolute Gasteiger partial charge is 0.261 e. The third-order valence-electron chi connectivity index (χ3n) is 6.34. The fourth-order valence-electron chi connectivity index (χ4n) is 4.83. The number of aromatic nitrogens is 3. The van der Waals surface area contributed by atoms with E-state index < -0.39 is 12.5 Å². The van der Waals surface area contributed by atoms with Gasteiger partial charge >= 0.3 is 0 Å². The predicted molar refractivity (Wildman–Crippen MR) is 112 cm³/mol. The molecule has 0 amide bonds. The molecule has 3 N–H and O–H groups in total. The predicted octanol–water partition coefficient (Wildman–Crippen LogP) is 4.13. The molecule has 2 aromatic heterocycles. The number of nitrogens with one attached hydrogen (secondary N) is 3. The molecule has 5 rings (SSSR count). The highest BCUT2D eigenvalue weighted by Gasteiger charge is 2.31. The molecule has 0 radical (unpaired) electrons. The number of hydrogen-bond acceptors (Lipinski definition) is 5. The quantitative estimate of drug-likeness (QED) is 0.585. The van der Waals surface area contributed by atoms with Gasteiger partial charge in [0.05, 0.1) is 29.6 Å². The van der Waals surface area contributed by atoms with E-state index in [1.165, 1.54) is 0 Å². The van der Waals surface area contributed by atoms with E-state index in [1.807, 2.05) is 10.7 Å². The summed E-state index contributed by atoms with van der Waals surface area (Å²) in [5.74, 6) is 0.247. The van der Waals surface area contributed by atoms with Gasteiger partial charge in [-0.25, -0.2) is 8.78 Å². The van der Waals surface area contributed by atoms with E-state index >= 15 is 0 Å². The molecule has 3 aromatic rings. The fourth-order valence-corrected chi connectivity index (χ4v) is 4.83. The lowest BCUT2D eigenvalue weighted by molar-refractivity contribution is 0.103. The molecule has 31 heavy (non-hydrogen) atoms. The van der Waals surface area contributed by atoms with Crippen LogP contribution in [0.25, 0.3) is 10.9 Å². The van der Waals surface area contributed by atoms with Crippen molar-refractivity contribution in [2.75, 3.05) is 5.32 Å². The van der Waals surface area contributed by atoms with Gasteiger partial charge in [-0.1, -0.05) is 18.9 Å². The Kier molecular flexibility index (Phi) is 4.94. The van der Waals surface area contributed by atoms with Gasteiger partial charge in [-0.05, 0) is 42.2 Å². The lowest BCUT2D eigenvalue weighted by atomic mass is 9.85. The van der Waals surface area contributed by atoms with Crippen LogP contribution in [-0.4, -0.2) is 21.2 Å². The van der Waals surface area contributed by atoms with E-state index in [0.29, 0.717) is 34.5 Å². The highest BCUT2D eigenvalue weighted by Crippen LogP contribution is 2.37. The minimum atomic E-state index is -2.47. The largest absolute Gasteiger partial charge is 0.338 e. The van der Waals surface area contributed by atoms with E-state index in [1.54, 1.807) is 24.4 Å². The number of pyridine rings is 1. The number of benzene rings is 1. The number of hydrogen-bond donors (Lipinski definition) is 3. The minimum Gasteiger partial charge on any atom is -0.338 e. The van der Waals surface area contributed by atoms with Crippen LogP contribution in [0.15, 0.2) is 35.3 Å². The summed E-state index contributed by atoms with van der Waals surface area (Å²) < 4.78 is 28.2. The maximum absolute atomic E-state index is 13.2. The second-order valence-electron chi connectivity index (χ2n) is 8.18. The molecular formula is C22H22F2N6O. The van der Waals surface area contributed by atoms with E-state index in [9.17, 15) is 18.8 Å². The number of aromatic amines is 1. The van der Waals surface area contributed by atoms with E-state index in [4.69, 9.17) is 5.10 Å². The summed E-state index contributed by atoms with van der Waals surface area (Å²) in [6.07, 6.45) is 2.80. The molecule has 7 nitrogen and oxygen atoms in total. The van der Waals surface area contributed by atoms with Crippen molar-refractivity contribution in [3.05, 3.63) is 51.9 Å². The first kappa shape index (κ1) is 19.7. The van der Waals surface area contributed by atoms with E-state index in [2.05, 4.69) is 21.7 Å². The second-order valence-corrected chi connectivity index (χ2v) is 8.18. The summed E-state index contributed by atoms with van der Waals surface area (Å²) >= 11 is 0. The number of halogens is 2. The molecule has 1 aliphatic heterocycles. The van der Waals surface area contributed by atoms with Gasteiger partial charge in [0.2, 0.25) is 0 Å². The number of nitrogens with zero attached hydrogens (tertiary/aromatic N) is 3. The number of fused-ring (bicyclic) bond motifs is 2. The zero-order chi connectivity index (χ0) is 21.5. The van der Waals surface area contributed by atoms with Crippen LogP contribution in [0.1, 0.15) is 48.9 Å². The Morgan fingerprint density at radius 1 is 1.26 bits per heavy atom. The lowest BCUT2D eigenvalue weighted by Gasteiger charge is -2.27. The molecule has 0 spiro atoms. The van der Waals surface area contributed by atoms with E-state index in [0.717, 1.165) is 31.2 Å². The summed E-state index contributed by atoms with van der Waals surface area (Å²) in [5.41, 5.74) is 2.47. The van der Waals surface area contributed by atoms with Gasteiger partial charge in [0.25, 0.3) is 12.0 Å². The number of rotatable bonds is 4. The van der Waals surface area contributed by atoms with E-state index in [-0.39, 0.29) is 17.5 Å². The summed E-state index contributed by atoms with van der Waals surface area (Å²) in [6, 6.07) is 8.37. The van der Waals surface area contributed by atoms with Gasteiger partial charge in [-0.3, -0.25) is 9.48 Å². The van der Waals surface area contributed by atoms with Gasteiger partial charge in [-0.2, -0.15) is 10.4 Å². The fraction of sp³-hybridized carbons (Fsp3) is 0.409. The molecule has 2 aliphatic rings. The van der Waals surface area contributed by atoms with Crippen molar-refractivity contribution in [2.45, 2.75) is 50.7 Å². The van der Waals surface area contributed by atoms with Crippen LogP contribution in [0.3, 0.4) is 0 Å². The highest BCUT2D eigenvalue weighted by molar-refractivity contribution is 5.91.